The Morgan fingerprint density at radius 3 is 2.50 bits per heavy atom. The molecule has 0 spiro atoms. The zero-order valence-corrected chi connectivity index (χ0v) is 11.6. The molecule has 112 valence electrons. The first-order valence-electron chi connectivity index (χ1n) is 6.44. The second kappa shape index (κ2) is 4.96. The van der Waals surface area contributed by atoms with Crippen molar-refractivity contribution in [2.45, 2.75) is 0 Å². The Labute approximate surface area is 125 Å². The molecule has 0 aliphatic rings. The maximum absolute atomic E-state index is 12.5. The summed E-state index contributed by atoms with van der Waals surface area (Å²) in [6.45, 7) is 0. The van der Waals surface area contributed by atoms with Crippen LogP contribution in [0.4, 0.5) is 5.69 Å². The number of hydrogen-bond donors (Lipinski definition) is 4. The molecule has 2 heterocycles. The number of nitrogens with one attached hydrogen (secondary N) is 1. The molecule has 2 aromatic heterocycles. The monoisotopic (exact) mass is 299 g/mol. The number of carbonyl (C=O) groups excluding carboxylic acids is 1. The van der Waals surface area contributed by atoms with E-state index in [0.717, 1.165) is 5.52 Å². The topological polar surface area (TPSA) is 110 Å². The summed E-state index contributed by atoms with van der Waals surface area (Å²) in [6.07, 6.45) is 1.63. The van der Waals surface area contributed by atoms with Crippen LogP contribution < -0.4 is 4.90 Å². The van der Waals surface area contributed by atoms with E-state index in [2.05, 4.69) is 9.97 Å². The predicted octanol–water partition coefficient (Wildman–Crippen LogP) is 1.96. The largest absolute Gasteiger partial charge is 0.504 e. The van der Waals surface area contributed by atoms with Gasteiger partial charge >= 0.3 is 0 Å². The number of hydrogen-bond acceptors (Lipinski definition) is 5. The van der Waals surface area contributed by atoms with Crippen LogP contribution in [0.15, 0.2) is 36.5 Å². The number of aromatic amines is 1. The van der Waals surface area contributed by atoms with Gasteiger partial charge in [0.2, 0.25) is 0 Å². The molecule has 1 aromatic carbocycles. The highest BCUT2D eigenvalue weighted by Crippen LogP contribution is 2.38. The normalized spacial score (nSPS) is 10.8. The number of aromatic nitrogens is 2. The summed E-state index contributed by atoms with van der Waals surface area (Å²) in [4.78, 5) is 20.8. The van der Waals surface area contributed by atoms with E-state index in [4.69, 9.17) is 0 Å². The van der Waals surface area contributed by atoms with Gasteiger partial charge in [0.15, 0.2) is 17.2 Å². The number of benzene rings is 1. The van der Waals surface area contributed by atoms with Crippen LogP contribution >= 0.6 is 0 Å². The van der Waals surface area contributed by atoms with Crippen LogP contribution in [0.2, 0.25) is 0 Å². The van der Waals surface area contributed by atoms with Crippen LogP contribution in [-0.4, -0.2) is 38.2 Å². The van der Waals surface area contributed by atoms with Crippen molar-refractivity contribution in [2.75, 3.05) is 11.9 Å². The molecule has 7 nitrogen and oxygen atoms in total. The van der Waals surface area contributed by atoms with E-state index < -0.39 is 17.2 Å². The number of nitrogens with zero attached hydrogens (tertiary/aromatic N) is 2. The van der Waals surface area contributed by atoms with Crippen molar-refractivity contribution in [1.29, 1.82) is 0 Å². The first-order chi connectivity index (χ1) is 10.5. The van der Waals surface area contributed by atoms with Gasteiger partial charge in [0.25, 0.3) is 5.91 Å². The third-order valence-electron chi connectivity index (χ3n) is 3.37. The Hall–Kier alpha value is -3.22. The molecule has 3 aromatic rings. The molecule has 1 amide bonds. The highest BCUT2D eigenvalue weighted by Gasteiger charge is 2.19. The van der Waals surface area contributed by atoms with Gasteiger partial charge < -0.3 is 25.2 Å². The second-order valence-electron chi connectivity index (χ2n) is 4.82. The molecule has 0 bridgehead atoms. The van der Waals surface area contributed by atoms with Crippen molar-refractivity contribution < 1.29 is 20.1 Å². The molecule has 22 heavy (non-hydrogen) atoms. The molecule has 0 aliphatic carbocycles. The predicted molar refractivity (Wildman–Crippen MR) is 80.3 cm³/mol. The van der Waals surface area contributed by atoms with Crippen molar-refractivity contribution in [3.8, 4) is 17.2 Å². The van der Waals surface area contributed by atoms with E-state index in [9.17, 15) is 20.1 Å². The number of fused-ring (bicyclic) bond motifs is 1. The van der Waals surface area contributed by atoms with Crippen molar-refractivity contribution >= 4 is 22.6 Å². The van der Waals surface area contributed by atoms with Crippen LogP contribution in [0.5, 0.6) is 17.2 Å². The fourth-order valence-electron chi connectivity index (χ4n) is 2.15. The Morgan fingerprint density at radius 1 is 1.18 bits per heavy atom. The molecule has 0 saturated heterocycles. The van der Waals surface area contributed by atoms with E-state index in [1.54, 1.807) is 24.4 Å². The summed E-state index contributed by atoms with van der Waals surface area (Å²) in [5.74, 6) is -2.01. The van der Waals surface area contributed by atoms with E-state index in [0.29, 0.717) is 11.2 Å². The lowest BCUT2D eigenvalue weighted by Gasteiger charge is -2.17. The average molecular weight is 299 g/mol. The summed E-state index contributed by atoms with van der Waals surface area (Å²) in [7, 11) is 1.49. The summed E-state index contributed by atoms with van der Waals surface area (Å²) in [5.41, 5.74) is 1.96. The summed E-state index contributed by atoms with van der Waals surface area (Å²) >= 11 is 0. The molecule has 0 fully saturated rings. The van der Waals surface area contributed by atoms with E-state index >= 15 is 0 Å². The Morgan fingerprint density at radius 2 is 1.86 bits per heavy atom. The quantitative estimate of drug-likeness (QED) is 0.541. The van der Waals surface area contributed by atoms with Gasteiger partial charge in [0.05, 0.1) is 16.7 Å². The van der Waals surface area contributed by atoms with Crippen LogP contribution in [0.25, 0.3) is 11.0 Å². The van der Waals surface area contributed by atoms with E-state index in [-0.39, 0.29) is 11.6 Å². The minimum atomic E-state index is -0.626. The summed E-state index contributed by atoms with van der Waals surface area (Å²) in [5, 5.41) is 28.4. The maximum Gasteiger partial charge on any atom is 0.274 e. The minimum absolute atomic E-state index is 0.240. The second-order valence-corrected chi connectivity index (χ2v) is 4.82. The lowest BCUT2D eigenvalue weighted by atomic mass is 10.2. The molecule has 0 radical (unpaired) electrons. The van der Waals surface area contributed by atoms with E-state index in [1.165, 1.54) is 24.1 Å². The number of phenolic OH excluding ortho intramolecular Hbond substituents is 3. The van der Waals surface area contributed by atoms with Gasteiger partial charge in [-0.2, -0.15) is 0 Å². The number of pyridine rings is 1. The summed E-state index contributed by atoms with van der Waals surface area (Å²) in [6, 6.07) is 7.56. The Balaban J connectivity index is 1.97. The average Bonchev–Trinajstić information content (AvgIpc) is 2.94. The molecule has 3 rings (SSSR count). The molecular formula is C15H13N3O4. The molecule has 4 N–H and O–H groups in total. The summed E-state index contributed by atoms with van der Waals surface area (Å²) < 4.78 is 0. The zero-order valence-electron chi connectivity index (χ0n) is 11.6. The van der Waals surface area contributed by atoms with Gasteiger partial charge in [-0.15, -0.1) is 0 Å². The van der Waals surface area contributed by atoms with E-state index in [1.807, 2.05) is 0 Å². The highest BCUT2D eigenvalue weighted by atomic mass is 16.3. The van der Waals surface area contributed by atoms with Gasteiger partial charge in [-0.1, -0.05) is 0 Å². The van der Waals surface area contributed by atoms with Crippen LogP contribution in [-0.2, 0) is 0 Å². The molecule has 0 unspecified atom stereocenters. The molecule has 7 heteroatoms. The minimum Gasteiger partial charge on any atom is -0.504 e. The van der Waals surface area contributed by atoms with Crippen molar-refractivity contribution in [2.24, 2.45) is 0 Å². The third-order valence-corrected chi connectivity index (χ3v) is 3.37. The zero-order chi connectivity index (χ0) is 15.9. The molecule has 0 atom stereocenters. The number of anilines is 1. The van der Waals surface area contributed by atoms with Gasteiger partial charge in [0.1, 0.15) is 5.69 Å². The number of carbonyl (C=O) groups is 1. The van der Waals surface area contributed by atoms with Gasteiger partial charge in [-0.3, -0.25) is 9.78 Å². The third kappa shape index (κ3) is 2.18. The molecular weight excluding hydrogens is 286 g/mol. The van der Waals surface area contributed by atoms with Gasteiger partial charge in [-0.05, 0) is 18.2 Å². The number of rotatable bonds is 2. The lowest BCUT2D eigenvalue weighted by molar-refractivity contribution is 0.0989. The Kier molecular flexibility index (Phi) is 3.10. The first-order valence-corrected chi connectivity index (χ1v) is 6.44. The Bertz CT molecular complexity index is 816. The van der Waals surface area contributed by atoms with Gasteiger partial charge in [0, 0.05) is 25.4 Å². The van der Waals surface area contributed by atoms with Crippen LogP contribution in [0, 0.1) is 0 Å². The van der Waals surface area contributed by atoms with Gasteiger partial charge in [-0.25, -0.2) is 0 Å². The smallest absolute Gasteiger partial charge is 0.274 e. The van der Waals surface area contributed by atoms with Crippen LogP contribution in [0.3, 0.4) is 0 Å². The van der Waals surface area contributed by atoms with Crippen LogP contribution in [0.1, 0.15) is 10.5 Å². The highest BCUT2D eigenvalue weighted by molar-refractivity contribution is 6.07. The maximum atomic E-state index is 12.5. The molecule has 0 saturated carbocycles. The number of amides is 1. The lowest BCUT2D eigenvalue weighted by Crippen LogP contribution is -2.26. The fourth-order valence-corrected chi connectivity index (χ4v) is 2.15. The first kappa shape index (κ1) is 13.7. The number of phenols is 3. The van der Waals surface area contributed by atoms with Crippen molar-refractivity contribution in [1.82, 2.24) is 9.97 Å². The number of H-pyrrole nitrogens is 1. The van der Waals surface area contributed by atoms with Crippen molar-refractivity contribution in [3.63, 3.8) is 0 Å². The SMILES string of the molecule is CN(C(=O)c1cc2ncccc2[nH]1)c1cc(O)c(O)c(O)c1. The molecule has 0 aliphatic heterocycles. The number of aromatic hydroxyl groups is 3. The van der Waals surface area contributed by atoms with Crippen molar-refractivity contribution in [3.05, 3.63) is 42.2 Å². The fraction of sp³-hybridized carbons (Fsp3) is 0.0667. The standard InChI is InChI=1S/C15H13N3O4/c1-18(8-5-12(19)14(21)13(20)6-8)15(22)11-7-10-9(17-11)3-2-4-16-10/h2-7,17,19-21H,1H3.